The first-order valence-electron chi connectivity index (χ1n) is 6.43. The minimum absolute atomic E-state index is 0.0626. The van der Waals surface area contributed by atoms with E-state index in [1.54, 1.807) is 0 Å². The van der Waals surface area contributed by atoms with Gasteiger partial charge in [0, 0.05) is 17.7 Å². The molecule has 2 heterocycles. The fraction of sp³-hybridized carbons (Fsp3) is 0.214. The van der Waals surface area contributed by atoms with Crippen molar-refractivity contribution in [3.05, 3.63) is 52.6 Å². The number of anilines is 1. The molecule has 122 valence electrons. The first-order valence-corrected chi connectivity index (χ1v) is 6.43. The van der Waals surface area contributed by atoms with Gasteiger partial charge in [0.15, 0.2) is 6.79 Å². The number of rotatable bonds is 3. The van der Waals surface area contributed by atoms with Gasteiger partial charge in [0.2, 0.25) is 11.6 Å². The average Bonchev–Trinajstić information content (AvgIpc) is 2.52. The molecule has 1 aliphatic heterocycles. The van der Waals surface area contributed by atoms with Crippen molar-refractivity contribution in [3.63, 3.8) is 0 Å². The number of nitrogens with zero attached hydrogens (tertiary/aromatic N) is 1. The molecule has 0 radical (unpaired) electrons. The zero-order chi connectivity index (χ0) is 16.6. The Hall–Kier alpha value is -2.42. The molecule has 3 rings (SSSR count). The summed E-state index contributed by atoms with van der Waals surface area (Å²) >= 11 is 0. The van der Waals surface area contributed by atoms with E-state index >= 15 is 0 Å². The summed E-state index contributed by atoms with van der Waals surface area (Å²) in [5, 5.41) is 2.20. The molecule has 1 aliphatic rings. The first kappa shape index (κ1) is 15.5. The second-order valence-electron chi connectivity index (χ2n) is 4.71. The monoisotopic (exact) mass is 332 g/mol. The van der Waals surface area contributed by atoms with Gasteiger partial charge in [0.1, 0.15) is 17.3 Å². The van der Waals surface area contributed by atoms with Gasteiger partial charge in [0.05, 0.1) is 6.61 Å². The van der Waals surface area contributed by atoms with Crippen molar-refractivity contribution < 1.29 is 31.4 Å². The van der Waals surface area contributed by atoms with Crippen molar-refractivity contribution in [3.8, 4) is 5.75 Å². The first-order chi connectivity index (χ1) is 11.0. The molecule has 0 aliphatic carbocycles. The van der Waals surface area contributed by atoms with Gasteiger partial charge in [-0.3, -0.25) is 0 Å². The smallest absolute Gasteiger partial charge is 0.253 e. The number of fused-ring (bicyclic) bond motifs is 1. The fourth-order valence-electron chi connectivity index (χ4n) is 2.21. The van der Waals surface area contributed by atoms with Gasteiger partial charge in [-0.1, -0.05) is 0 Å². The maximum Gasteiger partial charge on any atom is 0.253 e. The topological polar surface area (TPSA) is 43.4 Å². The summed E-state index contributed by atoms with van der Waals surface area (Å²) in [6.07, 6.45) is 0. The van der Waals surface area contributed by atoms with E-state index in [1.807, 2.05) is 0 Å². The molecule has 4 nitrogen and oxygen atoms in total. The molecule has 1 aromatic carbocycles. The quantitative estimate of drug-likeness (QED) is 0.692. The Morgan fingerprint density at radius 3 is 2.43 bits per heavy atom. The fourth-order valence-corrected chi connectivity index (χ4v) is 2.21. The summed E-state index contributed by atoms with van der Waals surface area (Å²) in [6.45, 7) is -0.273. The van der Waals surface area contributed by atoms with Crippen LogP contribution in [0.5, 0.6) is 5.75 Å². The Labute approximate surface area is 126 Å². The van der Waals surface area contributed by atoms with Crippen molar-refractivity contribution >= 4 is 5.69 Å². The lowest BCUT2D eigenvalue weighted by molar-refractivity contribution is -0.0172. The number of hydrogen-bond acceptors (Lipinski definition) is 4. The van der Waals surface area contributed by atoms with Gasteiger partial charge < -0.3 is 14.8 Å². The lowest BCUT2D eigenvalue weighted by atomic mass is 10.1. The third-order valence-electron chi connectivity index (χ3n) is 3.20. The van der Waals surface area contributed by atoms with Crippen LogP contribution < -0.4 is 10.1 Å². The highest BCUT2D eigenvalue weighted by Crippen LogP contribution is 2.31. The molecule has 9 heteroatoms. The Kier molecular flexibility index (Phi) is 4.03. The summed E-state index contributed by atoms with van der Waals surface area (Å²) in [5.74, 6) is -7.21. The molecule has 0 fully saturated rings. The van der Waals surface area contributed by atoms with E-state index in [4.69, 9.17) is 9.47 Å². The van der Waals surface area contributed by atoms with Gasteiger partial charge in [-0.15, -0.1) is 0 Å². The van der Waals surface area contributed by atoms with Gasteiger partial charge in [-0.2, -0.15) is 22.5 Å². The summed E-state index contributed by atoms with van der Waals surface area (Å²) < 4.78 is 76.9. The van der Waals surface area contributed by atoms with Gasteiger partial charge >= 0.3 is 0 Å². The number of ether oxygens (including phenoxy) is 2. The third kappa shape index (κ3) is 2.91. The number of hydrogen-bond donors (Lipinski definition) is 1. The zero-order valence-corrected chi connectivity index (χ0v) is 11.4. The van der Waals surface area contributed by atoms with Gasteiger partial charge in [-0.25, -0.2) is 4.39 Å². The number of nitrogens with one attached hydrogen (secondary N) is 1. The molecule has 0 unspecified atom stereocenters. The van der Waals surface area contributed by atoms with Crippen LogP contribution in [0, 0.1) is 29.3 Å². The van der Waals surface area contributed by atoms with E-state index in [0.29, 0.717) is 11.3 Å². The highest BCUT2D eigenvalue weighted by atomic mass is 19.2. The van der Waals surface area contributed by atoms with Crippen LogP contribution in [0.1, 0.15) is 11.1 Å². The highest BCUT2D eigenvalue weighted by Gasteiger charge is 2.22. The van der Waals surface area contributed by atoms with E-state index < -0.39 is 35.0 Å². The van der Waals surface area contributed by atoms with Crippen LogP contribution in [-0.4, -0.2) is 11.8 Å². The maximum absolute atomic E-state index is 13.6. The SMILES string of the molecule is Fc1cc(CNc2c(F)c(F)nc(F)c2F)c2c(c1)COCO2. The van der Waals surface area contributed by atoms with Gasteiger partial charge in [0.25, 0.3) is 11.9 Å². The Balaban J connectivity index is 1.92. The van der Waals surface area contributed by atoms with E-state index in [2.05, 4.69) is 10.3 Å². The summed E-state index contributed by atoms with van der Waals surface area (Å²) in [4.78, 5) is 2.45. The minimum Gasteiger partial charge on any atom is -0.467 e. The minimum atomic E-state index is -1.78. The molecule has 1 N–H and O–H groups in total. The number of aromatic nitrogens is 1. The molecular formula is C14H9F5N2O2. The van der Waals surface area contributed by atoms with Crippen molar-refractivity contribution in [2.24, 2.45) is 0 Å². The third-order valence-corrected chi connectivity index (χ3v) is 3.20. The summed E-state index contributed by atoms with van der Waals surface area (Å²) in [6, 6.07) is 2.28. The second-order valence-corrected chi connectivity index (χ2v) is 4.71. The predicted molar refractivity (Wildman–Crippen MR) is 68.1 cm³/mol. The average molecular weight is 332 g/mol. The molecule has 1 aromatic heterocycles. The van der Waals surface area contributed by atoms with Gasteiger partial charge in [-0.05, 0) is 12.1 Å². The molecule has 23 heavy (non-hydrogen) atoms. The Bertz CT molecular complexity index is 743. The van der Waals surface area contributed by atoms with Crippen LogP contribution in [-0.2, 0) is 17.9 Å². The van der Waals surface area contributed by atoms with Crippen LogP contribution in [0.25, 0.3) is 0 Å². The number of pyridine rings is 1. The van der Waals surface area contributed by atoms with E-state index in [1.165, 1.54) is 6.07 Å². The summed E-state index contributed by atoms with van der Waals surface area (Å²) in [5.41, 5.74) is -0.388. The molecular weight excluding hydrogens is 323 g/mol. The molecule has 0 bridgehead atoms. The molecule has 0 spiro atoms. The molecule has 0 saturated heterocycles. The Morgan fingerprint density at radius 1 is 1.04 bits per heavy atom. The van der Waals surface area contributed by atoms with E-state index in [9.17, 15) is 22.0 Å². The standard InChI is InChI=1S/C14H9F5N2O2/c15-8-1-6(12-7(2-8)4-22-5-23-12)3-20-11-9(16)13(18)21-14(19)10(11)17/h1-2H,3-5H2,(H,20,21). The highest BCUT2D eigenvalue weighted by molar-refractivity contribution is 5.49. The lowest BCUT2D eigenvalue weighted by Crippen LogP contribution is -2.16. The summed E-state index contributed by atoms with van der Waals surface area (Å²) in [7, 11) is 0. The second kappa shape index (κ2) is 5.99. The van der Waals surface area contributed by atoms with E-state index in [0.717, 1.165) is 6.07 Å². The van der Waals surface area contributed by atoms with Crippen molar-refractivity contribution in [1.29, 1.82) is 0 Å². The van der Waals surface area contributed by atoms with Crippen LogP contribution >= 0.6 is 0 Å². The van der Waals surface area contributed by atoms with E-state index in [-0.39, 0.29) is 25.5 Å². The zero-order valence-electron chi connectivity index (χ0n) is 11.4. The number of benzene rings is 1. The Morgan fingerprint density at radius 2 is 1.74 bits per heavy atom. The molecule has 0 amide bonds. The van der Waals surface area contributed by atoms with Crippen molar-refractivity contribution in [2.45, 2.75) is 13.2 Å². The van der Waals surface area contributed by atoms with Crippen LogP contribution in [0.4, 0.5) is 27.6 Å². The molecule has 0 atom stereocenters. The largest absolute Gasteiger partial charge is 0.467 e. The molecule has 2 aromatic rings. The van der Waals surface area contributed by atoms with Crippen LogP contribution in [0.2, 0.25) is 0 Å². The predicted octanol–water partition coefficient (Wildman–Crippen LogP) is 3.26. The number of halogens is 5. The normalized spacial score (nSPS) is 13.4. The van der Waals surface area contributed by atoms with Crippen LogP contribution in [0.3, 0.4) is 0 Å². The van der Waals surface area contributed by atoms with Crippen molar-refractivity contribution in [2.75, 3.05) is 12.1 Å². The van der Waals surface area contributed by atoms with Crippen LogP contribution in [0.15, 0.2) is 12.1 Å². The molecule has 0 saturated carbocycles. The van der Waals surface area contributed by atoms with Crippen molar-refractivity contribution in [1.82, 2.24) is 4.98 Å². The lowest BCUT2D eigenvalue weighted by Gasteiger charge is -2.21. The maximum atomic E-state index is 13.6.